The first kappa shape index (κ1) is 22.8. The summed E-state index contributed by atoms with van der Waals surface area (Å²) in [6.07, 6.45) is 1.96. The molecule has 3 N–H and O–H groups in total. The van der Waals surface area contributed by atoms with Crippen LogP contribution in [-0.4, -0.2) is 35.9 Å². The Morgan fingerprint density at radius 3 is 2.35 bits per heavy atom. The molecule has 0 unspecified atom stereocenters. The molecule has 6 nitrogen and oxygen atoms in total. The summed E-state index contributed by atoms with van der Waals surface area (Å²) in [5.41, 5.74) is 8.82. The number of nitrogens with one attached hydrogen (secondary N) is 1. The lowest BCUT2D eigenvalue weighted by Crippen LogP contribution is -2.43. The van der Waals surface area contributed by atoms with E-state index >= 15 is 0 Å². The van der Waals surface area contributed by atoms with Crippen LogP contribution < -0.4 is 15.8 Å². The van der Waals surface area contributed by atoms with Gasteiger partial charge in [0.2, 0.25) is 0 Å². The molecule has 0 saturated heterocycles. The highest BCUT2D eigenvalue weighted by molar-refractivity contribution is 6.05. The Balaban J connectivity index is 1.91. The monoisotopic (exact) mass is 422 g/mol. The third-order valence-electron chi connectivity index (χ3n) is 6.25. The largest absolute Gasteiger partial charge is 0.491 e. The summed E-state index contributed by atoms with van der Waals surface area (Å²) < 4.78 is 5.78. The average molecular weight is 423 g/mol. The minimum Gasteiger partial charge on any atom is -0.491 e. The van der Waals surface area contributed by atoms with Crippen molar-refractivity contribution >= 4 is 17.4 Å². The molecule has 2 amide bonds. The van der Waals surface area contributed by atoms with Gasteiger partial charge in [0.1, 0.15) is 5.75 Å². The van der Waals surface area contributed by atoms with Crippen LogP contribution in [0.5, 0.6) is 5.75 Å². The van der Waals surface area contributed by atoms with Crippen LogP contribution in [0.3, 0.4) is 0 Å². The Hall–Kier alpha value is -2.86. The highest BCUT2D eigenvalue weighted by Crippen LogP contribution is 2.40. The fourth-order valence-corrected chi connectivity index (χ4v) is 4.23. The van der Waals surface area contributed by atoms with Crippen molar-refractivity contribution in [3.8, 4) is 5.75 Å². The second-order valence-corrected chi connectivity index (χ2v) is 8.38. The van der Waals surface area contributed by atoms with Crippen LogP contribution in [0.4, 0.5) is 10.5 Å². The van der Waals surface area contributed by atoms with E-state index in [1.807, 2.05) is 68.4 Å². The Bertz CT molecular complexity index is 881. The van der Waals surface area contributed by atoms with Crippen molar-refractivity contribution in [1.82, 2.24) is 5.01 Å². The standard InChI is InChI=1S/C25H34N4O2/c1-5-25(6-2,17-26)22-16-29(24(30)27-20-10-8-7-9-11-20)28-23(22)19-12-14-21(15-13-19)31-18(3)4/h7-15,18,22H,5-6,16-17,26H2,1-4H3,(H,27,30)/t22-/m1/s1. The second kappa shape index (κ2) is 9.96. The van der Waals surface area contributed by atoms with E-state index in [0.717, 1.165) is 35.6 Å². The molecule has 0 aromatic heterocycles. The Kier molecular flexibility index (Phi) is 7.33. The van der Waals surface area contributed by atoms with Gasteiger partial charge in [-0.3, -0.25) is 0 Å². The number of nitrogens with zero attached hydrogens (tertiary/aromatic N) is 2. The topological polar surface area (TPSA) is 80.0 Å². The molecule has 0 aliphatic carbocycles. The van der Waals surface area contributed by atoms with Crippen LogP contribution in [0, 0.1) is 11.3 Å². The molecule has 0 bridgehead atoms. The first-order chi connectivity index (χ1) is 14.9. The number of rotatable bonds is 8. The fourth-order valence-electron chi connectivity index (χ4n) is 4.23. The summed E-state index contributed by atoms with van der Waals surface area (Å²) >= 11 is 0. The normalized spacial score (nSPS) is 16.4. The number of nitrogens with two attached hydrogens (primary N) is 1. The van der Waals surface area contributed by atoms with E-state index in [1.165, 1.54) is 0 Å². The smallest absolute Gasteiger partial charge is 0.342 e. The fraction of sp³-hybridized carbons (Fsp3) is 0.440. The average Bonchev–Trinajstić information content (AvgIpc) is 3.22. The molecule has 0 saturated carbocycles. The van der Waals surface area contributed by atoms with E-state index in [4.69, 9.17) is 15.6 Å². The molecule has 166 valence electrons. The van der Waals surface area contributed by atoms with Gasteiger partial charge in [0.15, 0.2) is 0 Å². The summed E-state index contributed by atoms with van der Waals surface area (Å²) in [5.74, 6) is 0.884. The number of benzene rings is 2. The Morgan fingerprint density at radius 1 is 1.16 bits per heavy atom. The predicted molar refractivity (Wildman–Crippen MR) is 126 cm³/mol. The molecule has 1 heterocycles. The molecule has 0 fully saturated rings. The minimum atomic E-state index is -0.232. The van der Waals surface area contributed by atoms with Gasteiger partial charge >= 0.3 is 6.03 Å². The van der Waals surface area contributed by atoms with Crippen LogP contribution in [0.2, 0.25) is 0 Å². The minimum absolute atomic E-state index is 0.0610. The van der Waals surface area contributed by atoms with Gasteiger partial charge in [0.05, 0.1) is 18.4 Å². The Morgan fingerprint density at radius 2 is 1.81 bits per heavy atom. The second-order valence-electron chi connectivity index (χ2n) is 8.38. The molecule has 1 aliphatic heterocycles. The van der Waals surface area contributed by atoms with Crippen LogP contribution in [-0.2, 0) is 0 Å². The molecule has 0 radical (unpaired) electrons. The number of carbonyl (C=O) groups is 1. The van der Waals surface area contributed by atoms with Crippen LogP contribution in [0.25, 0.3) is 0 Å². The van der Waals surface area contributed by atoms with Crippen molar-refractivity contribution in [2.45, 2.75) is 46.6 Å². The molecule has 1 aliphatic rings. The highest BCUT2D eigenvalue weighted by Gasteiger charge is 2.43. The van der Waals surface area contributed by atoms with Crippen molar-refractivity contribution in [3.63, 3.8) is 0 Å². The molecule has 0 spiro atoms. The van der Waals surface area contributed by atoms with E-state index in [1.54, 1.807) is 5.01 Å². The van der Waals surface area contributed by atoms with Crippen molar-refractivity contribution < 1.29 is 9.53 Å². The number of ether oxygens (including phenoxy) is 1. The lowest BCUT2D eigenvalue weighted by molar-refractivity contribution is 0.172. The zero-order valence-electron chi connectivity index (χ0n) is 19.0. The first-order valence-electron chi connectivity index (χ1n) is 11.1. The molecule has 31 heavy (non-hydrogen) atoms. The maximum atomic E-state index is 13.0. The van der Waals surface area contributed by atoms with Crippen molar-refractivity contribution in [3.05, 3.63) is 60.2 Å². The van der Waals surface area contributed by atoms with Gasteiger partial charge in [-0.05, 0) is 80.6 Å². The molecule has 3 rings (SSSR count). The van der Waals surface area contributed by atoms with Gasteiger partial charge in [-0.2, -0.15) is 5.10 Å². The van der Waals surface area contributed by atoms with Crippen molar-refractivity contribution in [2.24, 2.45) is 22.2 Å². The van der Waals surface area contributed by atoms with E-state index in [0.29, 0.717) is 13.1 Å². The van der Waals surface area contributed by atoms with Gasteiger partial charge in [-0.15, -0.1) is 0 Å². The zero-order valence-corrected chi connectivity index (χ0v) is 19.0. The lowest BCUT2D eigenvalue weighted by atomic mass is 9.68. The Labute approximate surface area is 185 Å². The summed E-state index contributed by atoms with van der Waals surface area (Å²) in [5, 5.41) is 9.26. The van der Waals surface area contributed by atoms with Crippen LogP contribution >= 0.6 is 0 Å². The summed E-state index contributed by atoms with van der Waals surface area (Å²) in [7, 11) is 0. The van der Waals surface area contributed by atoms with Gasteiger partial charge in [-0.25, -0.2) is 9.80 Å². The van der Waals surface area contributed by atoms with Crippen molar-refractivity contribution in [1.29, 1.82) is 0 Å². The number of urea groups is 1. The molecule has 1 atom stereocenters. The van der Waals surface area contributed by atoms with Gasteiger partial charge in [0, 0.05) is 11.6 Å². The van der Waals surface area contributed by atoms with E-state index in [2.05, 4.69) is 19.2 Å². The number of hydrazone groups is 1. The quantitative estimate of drug-likeness (QED) is 0.620. The number of amides is 2. The van der Waals surface area contributed by atoms with Crippen molar-refractivity contribution in [2.75, 3.05) is 18.4 Å². The maximum absolute atomic E-state index is 13.0. The van der Waals surface area contributed by atoms with E-state index < -0.39 is 0 Å². The van der Waals surface area contributed by atoms with Gasteiger partial charge in [-0.1, -0.05) is 32.0 Å². The number of para-hydroxylation sites is 1. The van der Waals surface area contributed by atoms with Crippen LogP contribution in [0.15, 0.2) is 59.7 Å². The summed E-state index contributed by atoms with van der Waals surface area (Å²) in [6.45, 7) is 9.41. The zero-order chi connectivity index (χ0) is 22.4. The van der Waals surface area contributed by atoms with Crippen LogP contribution in [0.1, 0.15) is 46.1 Å². The predicted octanol–water partition coefficient (Wildman–Crippen LogP) is 5.11. The molecular formula is C25H34N4O2. The van der Waals surface area contributed by atoms with Gasteiger partial charge < -0.3 is 15.8 Å². The number of anilines is 1. The highest BCUT2D eigenvalue weighted by atomic mass is 16.5. The number of hydrogen-bond donors (Lipinski definition) is 2. The van der Waals surface area contributed by atoms with E-state index in [9.17, 15) is 4.79 Å². The first-order valence-corrected chi connectivity index (χ1v) is 11.1. The molecular weight excluding hydrogens is 388 g/mol. The summed E-state index contributed by atoms with van der Waals surface area (Å²) in [6, 6.07) is 17.2. The number of carbonyl (C=O) groups excluding carboxylic acids is 1. The molecule has 2 aromatic carbocycles. The third-order valence-corrected chi connectivity index (χ3v) is 6.25. The van der Waals surface area contributed by atoms with Gasteiger partial charge in [0.25, 0.3) is 0 Å². The molecule has 2 aromatic rings. The van der Waals surface area contributed by atoms with E-state index in [-0.39, 0.29) is 23.5 Å². The third kappa shape index (κ3) is 5.07. The number of hydrogen-bond acceptors (Lipinski definition) is 4. The summed E-state index contributed by atoms with van der Waals surface area (Å²) in [4.78, 5) is 13.0. The SMILES string of the molecule is CCC(CC)(CN)[C@@H]1CN(C(=O)Nc2ccccc2)N=C1c1ccc(OC(C)C)cc1. The molecule has 6 heteroatoms. The maximum Gasteiger partial charge on any atom is 0.342 e. The lowest BCUT2D eigenvalue weighted by Gasteiger charge is -2.37.